The van der Waals surface area contributed by atoms with Crippen LogP contribution >= 0.6 is 0 Å². The number of hydrogen-bond donors (Lipinski definition) is 4. The Bertz CT molecular complexity index is 2060. The lowest BCUT2D eigenvalue weighted by molar-refractivity contribution is -0.0690. The third-order valence-corrected chi connectivity index (χ3v) is 8.83. The normalized spacial score (nSPS) is 14.1. The van der Waals surface area contributed by atoms with E-state index in [9.17, 15) is 45.3 Å². The molecule has 12 nitrogen and oxygen atoms in total. The number of halogens is 8. The van der Waals surface area contributed by atoms with Crippen LogP contribution in [0.3, 0.4) is 0 Å². The first-order valence-corrected chi connectivity index (χ1v) is 16.6. The molecule has 0 fully saturated rings. The van der Waals surface area contributed by atoms with Crippen molar-refractivity contribution >= 4 is 21.5 Å². The molecule has 0 aliphatic carbocycles. The second kappa shape index (κ2) is 16.9. The van der Waals surface area contributed by atoms with Gasteiger partial charge < -0.3 is 29.2 Å². The van der Waals surface area contributed by atoms with Gasteiger partial charge in [0.1, 0.15) is 22.6 Å². The van der Waals surface area contributed by atoms with Crippen LogP contribution in [-0.2, 0) is 11.2 Å². The average molecular weight is 799 g/mol. The minimum atomic E-state index is -3.22. The molecular weight excluding hydrogens is 764 g/mol. The maximum absolute atomic E-state index is 12.7. The van der Waals surface area contributed by atoms with Crippen LogP contribution in [0.15, 0.2) is 73.1 Å². The molecule has 6 aromatic rings. The van der Waals surface area contributed by atoms with Gasteiger partial charge in [0.2, 0.25) is 0 Å². The standard InChI is InChI=1S/2C18H17F4N3O3/c2*1-9(2)18(26,15-8-23-25-24-15)12-4-3-10-6-13(27-16(19)20)14(28-17(21)22)7-11(10)5-12/h2*3-9,16-17,26H,1-2H3,(H,23,24,25)/t2*18-/m00/s1. The minimum Gasteiger partial charge on any atom is -0.431 e. The van der Waals surface area contributed by atoms with E-state index in [-0.39, 0.29) is 23.2 Å². The van der Waals surface area contributed by atoms with E-state index >= 15 is 0 Å². The van der Waals surface area contributed by atoms with E-state index in [0.29, 0.717) is 32.7 Å². The van der Waals surface area contributed by atoms with Gasteiger partial charge in [0.05, 0.1) is 12.4 Å². The first kappa shape index (κ1) is 41.4. The van der Waals surface area contributed by atoms with Gasteiger partial charge in [0.25, 0.3) is 0 Å². The Balaban J connectivity index is 0.000000214. The molecule has 6 rings (SSSR count). The zero-order chi connectivity index (χ0) is 40.9. The fourth-order valence-electron chi connectivity index (χ4n) is 6.06. The van der Waals surface area contributed by atoms with Crippen molar-refractivity contribution in [3.63, 3.8) is 0 Å². The molecular formula is C36H34F8N6O6. The molecule has 0 unspecified atom stereocenters. The molecule has 0 spiro atoms. The zero-order valence-electron chi connectivity index (χ0n) is 29.7. The molecule has 2 aromatic heterocycles. The molecule has 0 aliphatic heterocycles. The van der Waals surface area contributed by atoms with E-state index < -0.39 is 60.6 Å². The van der Waals surface area contributed by atoms with Crippen LogP contribution in [-0.4, -0.2) is 67.5 Å². The molecule has 4 N–H and O–H groups in total. The summed E-state index contributed by atoms with van der Waals surface area (Å²) in [6.07, 6.45) is 2.77. The number of aromatic nitrogens is 6. The van der Waals surface area contributed by atoms with Crippen molar-refractivity contribution in [3.8, 4) is 23.0 Å². The van der Waals surface area contributed by atoms with Gasteiger partial charge in [-0.05, 0) is 80.9 Å². The Morgan fingerprint density at radius 1 is 0.482 bits per heavy atom. The minimum absolute atomic E-state index is 0.281. The van der Waals surface area contributed by atoms with Crippen molar-refractivity contribution in [2.75, 3.05) is 0 Å². The summed E-state index contributed by atoms with van der Waals surface area (Å²) in [5, 5.41) is 44.4. The summed E-state index contributed by atoms with van der Waals surface area (Å²) in [6.45, 7) is -5.71. The predicted octanol–water partition coefficient (Wildman–Crippen LogP) is 8.11. The highest BCUT2D eigenvalue weighted by Gasteiger charge is 2.39. The summed E-state index contributed by atoms with van der Waals surface area (Å²) in [5.74, 6) is -2.71. The highest BCUT2D eigenvalue weighted by molar-refractivity contribution is 5.88. The SMILES string of the molecule is CC(C)[C@](O)(c1ccc2cc(OC(F)F)c(OC(F)F)cc2c1)c1cn[nH]n1.CC(C)[C@](O)(c1ccc2cc(OC(F)F)c(OC(F)F)cc2c1)c1cn[nH]n1. The molecule has 0 bridgehead atoms. The molecule has 20 heteroatoms. The summed E-state index contributed by atoms with van der Waals surface area (Å²) in [5.41, 5.74) is -1.61. The first-order chi connectivity index (χ1) is 26.4. The zero-order valence-corrected chi connectivity index (χ0v) is 29.7. The van der Waals surface area contributed by atoms with Gasteiger partial charge in [-0.15, -0.1) is 0 Å². The number of ether oxygens (including phenoxy) is 4. The van der Waals surface area contributed by atoms with Gasteiger partial charge in [-0.25, -0.2) is 0 Å². The van der Waals surface area contributed by atoms with E-state index in [1.54, 1.807) is 64.1 Å². The number of fused-ring (bicyclic) bond motifs is 2. The van der Waals surface area contributed by atoms with Crippen molar-refractivity contribution in [1.82, 2.24) is 30.8 Å². The number of H-pyrrole nitrogens is 2. The Hall–Kier alpha value is -5.76. The van der Waals surface area contributed by atoms with Crippen LogP contribution in [0.25, 0.3) is 21.5 Å². The van der Waals surface area contributed by atoms with Crippen molar-refractivity contribution in [2.45, 2.75) is 65.3 Å². The lowest BCUT2D eigenvalue weighted by atomic mass is 9.80. The number of rotatable bonds is 14. The van der Waals surface area contributed by atoms with Gasteiger partial charge in [-0.3, -0.25) is 0 Å². The summed E-state index contributed by atoms with van der Waals surface area (Å²) in [4.78, 5) is 0. The van der Waals surface area contributed by atoms with Gasteiger partial charge in [-0.1, -0.05) is 52.0 Å². The van der Waals surface area contributed by atoms with Gasteiger partial charge in [0.15, 0.2) is 23.0 Å². The first-order valence-electron chi connectivity index (χ1n) is 16.6. The van der Waals surface area contributed by atoms with E-state index in [1.165, 1.54) is 24.5 Å². The van der Waals surface area contributed by atoms with Crippen molar-refractivity contribution in [1.29, 1.82) is 0 Å². The Labute approximate surface area is 312 Å². The number of hydrogen-bond acceptors (Lipinski definition) is 10. The summed E-state index contributed by atoms with van der Waals surface area (Å²) < 4.78 is 118. The number of benzene rings is 4. The molecule has 4 aromatic carbocycles. The Morgan fingerprint density at radius 2 is 0.786 bits per heavy atom. The molecule has 0 radical (unpaired) electrons. The van der Waals surface area contributed by atoms with Crippen LogP contribution < -0.4 is 18.9 Å². The molecule has 2 atom stereocenters. The Kier molecular flexibility index (Phi) is 12.5. The molecule has 0 amide bonds. The monoisotopic (exact) mass is 798 g/mol. The van der Waals surface area contributed by atoms with Crippen molar-refractivity contribution < 1.29 is 64.3 Å². The molecule has 2 heterocycles. The number of aliphatic hydroxyl groups is 2. The number of aromatic amines is 2. The lowest BCUT2D eigenvalue weighted by Crippen LogP contribution is -2.33. The van der Waals surface area contributed by atoms with Crippen LogP contribution in [0, 0.1) is 11.8 Å². The smallest absolute Gasteiger partial charge is 0.387 e. The maximum Gasteiger partial charge on any atom is 0.387 e. The lowest BCUT2D eigenvalue weighted by Gasteiger charge is -2.31. The number of nitrogens with zero attached hydrogens (tertiary/aromatic N) is 4. The van der Waals surface area contributed by atoms with E-state index in [4.69, 9.17) is 0 Å². The van der Waals surface area contributed by atoms with Gasteiger partial charge >= 0.3 is 26.4 Å². The highest BCUT2D eigenvalue weighted by atomic mass is 19.3. The van der Waals surface area contributed by atoms with Gasteiger partial charge in [-0.2, -0.15) is 65.9 Å². The van der Waals surface area contributed by atoms with Crippen molar-refractivity contribution in [3.05, 3.63) is 95.6 Å². The number of alkyl halides is 8. The van der Waals surface area contributed by atoms with Crippen LogP contribution in [0.4, 0.5) is 35.1 Å². The predicted molar refractivity (Wildman–Crippen MR) is 183 cm³/mol. The Morgan fingerprint density at radius 3 is 1.04 bits per heavy atom. The third-order valence-electron chi connectivity index (χ3n) is 8.83. The van der Waals surface area contributed by atoms with Crippen LogP contribution in [0.1, 0.15) is 50.2 Å². The molecule has 300 valence electrons. The molecule has 0 aliphatic rings. The van der Waals surface area contributed by atoms with Gasteiger partial charge in [0, 0.05) is 0 Å². The van der Waals surface area contributed by atoms with E-state index in [0.717, 1.165) is 12.1 Å². The number of nitrogens with one attached hydrogen (secondary N) is 2. The van der Waals surface area contributed by atoms with Crippen LogP contribution in [0.2, 0.25) is 0 Å². The highest BCUT2D eigenvalue weighted by Crippen LogP contribution is 2.41. The fourth-order valence-corrected chi connectivity index (χ4v) is 6.06. The third kappa shape index (κ3) is 8.86. The van der Waals surface area contributed by atoms with E-state index in [2.05, 4.69) is 49.8 Å². The topological polar surface area (TPSA) is 161 Å². The molecule has 0 saturated carbocycles. The second-order valence-electron chi connectivity index (χ2n) is 12.8. The van der Waals surface area contributed by atoms with Crippen molar-refractivity contribution in [2.24, 2.45) is 11.8 Å². The largest absolute Gasteiger partial charge is 0.431 e. The fraction of sp³-hybridized carbons (Fsp3) is 0.333. The molecule has 0 saturated heterocycles. The summed E-state index contributed by atoms with van der Waals surface area (Å²) in [6, 6.07) is 14.1. The average Bonchev–Trinajstić information content (AvgIpc) is 3.87. The maximum atomic E-state index is 12.7. The quantitative estimate of drug-likeness (QED) is 0.0793. The second-order valence-corrected chi connectivity index (χ2v) is 12.8. The van der Waals surface area contributed by atoms with Crippen LogP contribution in [0.5, 0.6) is 23.0 Å². The summed E-state index contributed by atoms with van der Waals surface area (Å²) >= 11 is 0. The van der Waals surface area contributed by atoms with E-state index in [1.807, 2.05) is 0 Å². The summed E-state index contributed by atoms with van der Waals surface area (Å²) in [7, 11) is 0. The molecule has 56 heavy (non-hydrogen) atoms.